The molecule has 164 valence electrons. The zero-order chi connectivity index (χ0) is 22.1. The topological polar surface area (TPSA) is 68.0 Å². The minimum atomic E-state index is -0.756. The number of benzene rings is 2. The first-order chi connectivity index (χ1) is 15.7. The average molecular weight is 430 g/mol. The van der Waals surface area contributed by atoms with E-state index >= 15 is 0 Å². The van der Waals surface area contributed by atoms with E-state index in [1.807, 2.05) is 67.7 Å². The fourth-order valence-electron chi connectivity index (χ4n) is 4.55. The Labute approximate surface area is 187 Å². The molecule has 0 saturated heterocycles. The van der Waals surface area contributed by atoms with Gasteiger partial charge in [0.15, 0.2) is 5.65 Å². The minimum absolute atomic E-state index is 0.320. The van der Waals surface area contributed by atoms with Crippen molar-refractivity contribution in [3.63, 3.8) is 0 Å². The van der Waals surface area contributed by atoms with Crippen LogP contribution in [0.3, 0.4) is 0 Å². The van der Waals surface area contributed by atoms with Crippen LogP contribution in [0.4, 0.5) is 5.69 Å². The highest BCUT2D eigenvalue weighted by Gasteiger charge is 2.38. The second-order valence-electron chi connectivity index (χ2n) is 8.06. The van der Waals surface area contributed by atoms with Gasteiger partial charge in [-0.1, -0.05) is 60.7 Å². The molecule has 6 nitrogen and oxygen atoms in total. The van der Waals surface area contributed by atoms with Crippen LogP contribution in [-0.2, 0) is 9.47 Å². The third kappa shape index (κ3) is 3.56. The number of rotatable bonds is 6. The van der Waals surface area contributed by atoms with Crippen LogP contribution in [0.2, 0.25) is 0 Å². The number of aliphatic hydroxyl groups is 1. The lowest BCUT2D eigenvalue weighted by atomic mass is 9.89. The Morgan fingerprint density at radius 1 is 1.00 bits per heavy atom. The molecular weight excluding hydrogens is 402 g/mol. The van der Waals surface area contributed by atoms with Gasteiger partial charge in [-0.3, -0.25) is 4.40 Å². The predicted octanol–water partition coefficient (Wildman–Crippen LogP) is 4.54. The number of nitrogens with zero attached hydrogens (tertiary/aromatic N) is 2. The largest absolute Gasteiger partial charge is 0.388 e. The van der Waals surface area contributed by atoms with Crippen molar-refractivity contribution in [2.75, 3.05) is 25.6 Å². The third-order valence-corrected chi connectivity index (χ3v) is 6.05. The average Bonchev–Trinajstić information content (AvgIpc) is 3.17. The van der Waals surface area contributed by atoms with Crippen molar-refractivity contribution >= 4 is 11.3 Å². The first kappa shape index (κ1) is 20.7. The smallest absolute Gasteiger partial charge is 0.161 e. The summed E-state index contributed by atoms with van der Waals surface area (Å²) in [6, 6.07) is 21.9. The number of anilines is 1. The molecule has 2 N–H and O–H groups in total. The van der Waals surface area contributed by atoms with E-state index in [0.717, 1.165) is 39.4 Å². The van der Waals surface area contributed by atoms with Gasteiger partial charge in [-0.15, -0.1) is 0 Å². The van der Waals surface area contributed by atoms with Crippen molar-refractivity contribution in [3.05, 3.63) is 89.7 Å². The first-order valence-corrected chi connectivity index (χ1v) is 10.9. The van der Waals surface area contributed by atoms with Gasteiger partial charge in [0, 0.05) is 24.4 Å². The number of fused-ring (bicyclic) bond motifs is 3. The Balaban J connectivity index is 1.65. The van der Waals surface area contributed by atoms with Crippen molar-refractivity contribution in [3.8, 4) is 11.3 Å². The van der Waals surface area contributed by atoms with E-state index in [0.29, 0.717) is 13.2 Å². The standard InChI is InChI=1S/C26H27N3O3/c1-17-23(19-11-7-4-8-12-19)29-14-13-20-22(26(29)27-17)28-21(18-9-5-3-6-10-18)24(30)25(20)32-16-15-31-2/h3-14,21,24-25,28,30H,15-16H2,1-2H3/t21-,24-,25-/m1/s1. The summed E-state index contributed by atoms with van der Waals surface area (Å²) >= 11 is 0. The zero-order valence-corrected chi connectivity index (χ0v) is 18.2. The molecule has 1 aliphatic heterocycles. The van der Waals surface area contributed by atoms with E-state index in [1.165, 1.54) is 0 Å². The van der Waals surface area contributed by atoms with Crippen LogP contribution in [0.5, 0.6) is 0 Å². The Kier molecular flexibility index (Phi) is 5.66. The number of ether oxygens (including phenoxy) is 2. The fourth-order valence-corrected chi connectivity index (χ4v) is 4.55. The van der Waals surface area contributed by atoms with Crippen LogP contribution in [0.1, 0.15) is 29.0 Å². The van der Waals surface area contributed by atoms with Gasteiger partial charge in [-0.05, 0) is 18.6 Å². The summed E-state index contributed by atoms with van der Waals surface area (Å²) in [6.07, 6.45) is 0.767. The van der Waals surface area contributed by atoms with Gasteiger partial charge in [0.05, 0.1) is 36.3 Å². The molecule has 5 rings (SSSR count). The van der Waals surface area contributed by atoms with Crippen molar-refractivity contribution in [1.29, 1.82) is 0 Å². The molecule has 0 amide bonds. The molecule has 0 saturated carbocycles. The second-order valence-corrected chi connectivity index (χ2v) is 8.06. The zero-order valence-electron chi connectivity index (χ0n) is 18.2. The van der Waals surface area contributed by atoms with E-state index in [2.05, 4.69) is 21.9 Å². The predicted molar refractivity (Wildman–Crippen MR) is 125 cm³/mol. The fraction of sp³-hybridized carbons (Fsp3) is 0.269. The Hall–Kier alpha value is -3.19. The van der Waals surface area contributed by atoms with E-state index in [1.54, 1.807) is 7.11 Å². The van der Waals surface area contributed by atoms with Crippen LogP contribution >= 0.6 is 0 Å². The molecule has 2 aromatic carbocycles. The maximum absolute atomic E-state index is 11.3. The van der Waals surface area contributed by atoms with Gasteiger partial charge in [-0.2, -0.15) is 0 Å². The molecule has 2 aromatic heterocycles. The van der Waals surface area contributed by atoms with Gasteiger partial charge in [0.2, 0.25) is 0 Å². The summed E-state index contributed by atoms with van der Waals surface area (Å²) in [5.74, 6) is 0. The molecular formula is C26H27N3O3. The Morgan fingerprint density at radius 2 is 1.72 bits per heavy atom. The van der Waals surface area contributed by atoms with Gasteiger partial charge in [0.25, 0.3) is 0 Å². The molecule has 3 heterocycles. The molecule has 3 atom stereocenters. The molecule has 0 radical (unpaired) electrons. The number of nitrogens with one attached hydrogen (secondary N) is 1. The number of aryl methyl sites for hydroxylation is 1. The molecule has 0 aliphatic carbocycles. The molecule has 0 fully saturated rings. The van der Waals surface area contributed by atoms with E-state index in [9.17, 15) is 5.11 Å². The first-order valence-electron chi connectivity index (χ1n) is 10.9. The quantitative estimate of drug-likeness (QED) is 0.441. The molecule has 4 aromatic rings. The van der Waals surface area contributed by atoms with E-state index < -0.39 is 12.2 Å². The Bertz CT molecular complexity index is 1210. The van der Waals surface area contributed by atoms with Crippen molar-refractivity contribution in [2.45, 2.75) is 25.2 Å². The second kappa shape index (κ2) is 8.74. The van der Waals surface area contributed by atoms with Gasteiger partial charge in [0.1, 0.15) is 12.2 Å². The summed E-state index contributed by atoms with van der Waals surface area (Å²) in [6.45, 7) is 2.89. The van der Waals surface area contributed by atoms with Crippen molar-refractivity contribution in [1.82, 2.24) is 9.38 Å². The number of hydrogen-bond acceptors (Lipinski definition) is 5. The number of hydrogen-bond donors (Lipinski definition) is 2. The summed E-state index contributed by atoms with van der Waals surface area (Å²) in [5, 5.41) is 14.9. The summed E-state index contributed by atoms with van der Waals surface area (Å²) < 4.78 is 13.4. The summed E-state index contributed by atoms with van der Waals surface area (Å²) in [7, 11) is 1.64. The summed E-state index contributed by atoms with van der Waals surface area (Å²) in [4.78, 5) is 4.93. The van der Waals surface area contributed by atoms with Crippen LogP contribution in [0, 0.1) is 6.92 Å². The van der Waals surface area contributed by atoms with Crippen LogP contribution in [0.15, 0.2) is 72.9 Å². The highest BCUT2D eigenvalue weighted by Crippen LogP contribution is 2.43. The van der Waals surface area contributed by atoms with Crippen LogP contribution in [-0.4, -0.2) is 40.9 Å². The van der Waals surface area contributed by atoms with Crippen LogP contribution < -0.4 is 5.32 Å². The summed E-state index contributed by atoms with van der Waals surface area (Å²) in [5.41, 5.74) is 6.74. The molecule has 32 heavy (non-hydrogen) atoms. The normalized spacial score (nSPS) is 20.2. The van der Waals surface area contributed by atoms with Crippen molar-refractivity contribution < 1.29 is 14.6 Å². The highest BCUT2D eigenvalue weighted by atomic mass is 16.5. The lowest BCUT2D eigenvalue weighted by molar-refractivity contribution is -0.0633. The van der Waals surface area contributed by atoms with Gasteiger partial charge >= 0.3 is 0 Å². The van der Waals surface area contributed by atoms with Gasteiger partial charge in [-0.25, -0.2) is 4.98 Å². The monoisotopic (exact) mass is 429 g/mol. The highest BCUT2D eigenvalue weighted by molar-refractivity contribution is 5.79. The van der Waals surface area contributed by atoms with Gasteiger partial charge < -0.3 is 19.9 Å². The Morgan fingerprint density at radius 3 is 2.44 bits per heavy atom. The third-order valence-electron chi connectivity index (χ3n) is 6.05. The number of imidazole rings is 1. The number of methoxy groups -OCH3 is 1. The molecule has 0 spiro atoms. The lowest BCUT2D eigenvalue weighted by Gasteiger charge is -2.38. The molecule has 0 unspecified atom stereocenters. The molecule has 0 bridgehead atoms. The van der Waals surface area contributed by atoms with E-state index in [4.69, 9.17) is 14.5 Å². The number of aromatic nitrogens is 2. The maximum Gasteiger partial charge on any atom is 0.161 e. The minimum Gasteiger partial charge on any atom is -0.388 e. The number of pyridine rings is 1. The molecule has 1 aliphatic rings. The maximum atomic E-state index is 11.3. The van der Waals surface area contributed by atoms with Crippen LogP contribution in [0.25, 0.3) is 16.9 Å². The van der Waals surface area contributed by atoms with Crippen molar-refractivity contribution in [2.24, 2.45) is 0 Å². The lowest BCUT2D eigenvalue weighted by Crippen LogP contribution is -2.38. The van der Waals surface area contributed by atoms with E-state index in [-0.39, 0.29) is 6.04 Å². The molecule has 6 heteroatoms. The SMILES string of the molecule is COCCO[C@@H]1c2ccn3c(-c4ccccc4)c(C)nc3c2N[C@H](c2ccccc2)[C@H]1O. The number of aliphatic hydroxyl groups excluding tert-OH is 1.